The average Bonchev–Trinajstić information content (AvgIpc) is 2.83. The van der Waals surface area contributed by atoms with Crippen molar-refractivity contribution in [2.24, 2.45) is 0 Å². The number of aliphatic hydroxyl groups is 1. The summed E-state index contributed by atoms with van der Waals surface area (Å²) in [5.41, 5.74) is 1.12. The molecule has 0 saturated carbocycles. The van der Waals surface area contributed by atoms with Crippen LogP contribution in [0.4, 0.5) is 0 Å². The molecule has 0 spiro atoms. The molecule has 1 aromatic rings. The third-order valence-electron chi connectivity index (χ3n) is 3.58. The van der Waals surface area contributed by atoms with E-state index in [0.717, 1.165) is 25.1 Å². The van der Waals surface area contributed by atoms with Gasteiger partial charge in [0.1, 0.15) is 0 Å². The van der Waals surface area contributed by atoms with Crippen molar-refractivity contribution in [1.82, 2.24) is 10.2 Å². The van der Waals surface area contributed by atoms with Gasteiger partial charge in [-0.15, -0.1) is 0 Å². The van der Waals surface area contributed by atoms with Crippen molar-refractivity contribution in [1.29, 1.82) is 0 Å². The molecule has 104 valence electrons. The van der Waals surface area contributed by atoms with Crippen molar-refractivity contribution in [3.8, 4) is 0 Å². The molecule has 2 atom stereocenters. The lowest BCUT2D eigenvalue weighted by Crippen LogP contribution is -2.31. The van der Waals surface area contributed by atoms with E-state index in [1.807, 2.05) is 37.3 Å². The molecule has 1 aliphatic rings. The zero-order valence-electron chi connectivity index (χ0n) is 11.4. The Morgan fingerprint density at radius 3 is 2.84 bits per heavy atom. The summed E-state index contributed by atoms with van der Waals surface area (Å²) in [5, 5.41) is 12.4. The molecule has 4 heteroatoms. The Hall–Kier alpha value is -1.39. The number of rotatable bonds is 5. The molecular formula is C15H22N2O2. The van der Waals surface area contributed by atoms with Gasteiger partial charge in [-0.05, 0) is 18.9 Å². The van der Waals surface area contributed by atoms with Crippen LogP contribution in [-0.4, -0.2) is 41.7 Å². The number of amides is 1. The molecule has 2 rings (SSSR count). The van der Waals surface area contributed by atoms with E-state index >= 15 is 0 Å². The minimum atomic E-state index is -0.216. The van der Waals surface area contributed by atoms with Gasteiger partial charge >= 0.3 is 0 Å². The van der Waals surface area contributed by atoms with E-state index < -0.39 is 0 Å². The summed E-state index contributed by atoms with van der Waals surface area (Å²) in [5.74, 6) is 0.0674. The Bertz CT molecular complexity index is 408. The molecular weight excluding hydrogens is 240 g/mol. The van der Waals surface area contributed by atoms with Crippen molar-refractivity contribution in [2.45, 2.75) is 31.9 Å². The number of hydrogen-bond donors (Lipinski definition) is 2. The van der Waals surface area contributed by atoms with Gasteiger partial charge in [0.05, 0.1) is 12.1 Å². The summed E-state index contributed by atoms with van der Waals surface area (Å²) in [6, 6.07) is 9.99. The van der Waals surface area contributed by atoms with Gasteiger partial charge in [0.25, 0.3) is 0 Å². The van der Waals surface area contributed by atoms with Crippen LogP contribution in [0.2, 0.25) is 0 Å². The van der Waals surface area contributed by atoms with Gasteiger partial charge in [0.15, 0.2) is 0 Å². The first-order chi connectivity index (χ1) is 9.15. The quantitative estimate of drug-likeness (QED) is 0.841. The zero-order chi connectivity index (χ0) is 13.7. The van der Waals surface area contributed by atoms with Crippen LogP contribution >= 0.6 is 0 Å². The minimum absolute atomic E-state index is 0.0397. The second kappa shape index (κ2) is 6.68. The van der Waals surface area contributed by atoms with E-state index in [1.54, 1.807) is 0 Å². The van der Waals surface area contributed by atoms with Crippen LogP contribution in [0.1, 0.15) is 31.4 Å². The summed E-state index contributed by atoms with van der Waals surface area (Å²) in [6.07, 6.45) is 1.10. The van der Waals surface area contributed by atoms with Crippen LogP contribution < -0.4 is 5.32 Å². The Kier molecular flexibility index (Phi) is 4.93. The van der Waals surface area contributed by atoms with E-state index in [9.17, 15) is 9.90 Å². The number of β-amino-alcohol motifs (C(OH)–C–C–N with tert-alkyl or cyclic N) is 1. The fourth-order valence-corrected chi connectivity index (χ4v) is 2.41. The number of nitrogens with one attached hydrogen (secondary N) is 1. The molecule has 1 aromatic carbocycles. The van der Waals surface area contributed by atoms with Crippen molar-refractivity contribution in [3.63, 3.8) is 0 Å². The first-order valence-electron chi connectivity index (χ1n) is 6.90. The van der Waals surface area contributed by atoms with Crippen LogP contribution in [0.5, 0.6) is 0 Å². The van der Waals surface area contributed by atoms with Gasteiger partial charge in [-0.1, -0.05) is 30.3 Å². The van der Waals surface area contributed by atoms with Crippen molar-refractivity contribution in [3.05, 3.63) is 35.9 Å². The molecule has 0 bridgehead atoms. The van der Waals surface area contributed by atoms with E-state index in [2.05, 4.69) is 10.2 Å². The lowest BCUT2D eigenvalue weighted by atomic mass is 10.1. The van der Waals surface area contributed by atoms with E-state index in [1.165, 1.54) is 0 Å². The molecule has 0 aromatic heterocycles. The van der Waals surface area contributed by atoms with Gasteiger partial charge in [0.2, 0.25) is 5.91 Å². The molecule has 2 unspecified atom stereocenters. The number of likely N-dealkylation sites (tertiary alicyclic amines) is 1. The Balaban J connectivity index is 1.72. The summed E-state index contributed by atoms with van der Waals surface area (Å²) in [7, 11) is 0. The van der Waals surface area contributed by atoms with Gasteiger partial charge in [-0.2, -0.15) is 0 Å². The highest BCUT2D eigenvalue weighted by atomic mass is 16.3. The van der Waals surface area contributed by atoms with E-state index in [4.69, 9.17) is 0 Å². The molecule has 1 saturated heterocycles. The Morgan fingerprint density at radius 1 is 1.47 bits per heavy atom. The number of hydrogen-bond acceptors (Lipinski definition) is 3. The SMILES string of the molecule is CC(NC(=O)CCN1CCC(O)C1)c1ccccc1. The molecule has 1 amide bonds. The number of benzene rings is 1. The summed E-state index contributed by atoms with van der Waals surface area (Å²) >= 11 is 0. The summed E-state index contributed by atoms with van der Waals surface area (Å²) < 4.78 is 0. The molecule has 2 N–H and O–H groups in total. The van der Waals surface area contributed by atoms with Crippen molar-refractivity contribution < 1.29 is 9.90 Å². The van der Waals surface area contributed by atoms with E-state index in [-0.39, 0.29) is 18.1 Å². The lowest BCUT2D eigenvalue weighted by molar-refractivity contribution is -0.122. The molecule has 0 radical (unpaired) electrons. The van der Waals surface area contributed by atoms with Crippen molar-refractivity contribution >= 4 is 5.91 Å². The summed E-state index contributed by atoms with van der Waals surface area (Å²) in [4.78, 5) is 14.0. The molecule has 1 aliphatic heterocycles. The maximum absolute atomic E-state index is 11.9. The van der Waals surface area contributed by atoms with Crippen LogP contribution in [0.15, 0.2) is 30.3 Å². The normalized spacial score (nSPS) is 21.3. The molecule has 19 heavy (non-hydrogen) atoms. The zero-order valence-corrected chi connectivity index (χ0v) is 11.4. The second-order valence-corrected chi connectivity index (χ2v) is 5.19. The first-order valence-corrected chi connectivity index (χ1v) is 6.90. The fraction of sp³-hybridized carbons (Fsp3) is 0.533. The third kappa shape index (κ3) is 4.33. The molecule has 4 nitrogen and oxygen atoms in total. The maximum atomic E-state index is 11.9. The van der Waals surface area contributed by atoms with Crippen LogP contribution in [0.3, 0.4) is 0 Å². The van der Waals surface area contributed by atoms with Crippen molar-refractivity contribution in [2.75, 3.05) is 19.6 Å². The van der Waals surface area contributed by atoms with Crippen LogP contribution in [0.25, 0.3) is 0 Å². The largest absolute Gasteiger partial charge is 0.392 e. The van der Waals surface area contributed by atoms with E-state index in [0.29, 0.717) is 13.0 Å². The average molecular weight is 262 g/mol. The number of nitrogens with zero attached hydrogens (tertiary/aromatic N) is 1. The monoisotopic (exact) mass is 262 g/mol. The van der Waals surface area contributed by atoms with Gasteiger partial charge in [-0.25, -0.2) is 0 Å². The molecule has 1 heterocycles. The predicted molar refractivity (Wildman–Crippen MR) is 74.7 cm³/mol. The van der Waals surface area contributed by atoms with Gasteiger partial charge in [-0.3, -0.25) is 4.79 Å². The number of carbonyl (C=O) groups excluding carboxylic acids is 1. The Morgan fingerprint density at radius 2 is 2.21 bits per heavy atom. The number of aliphatic hydroxyl groups excluding tert-OH is 1. The summed E-state index contributed by atoms with van der Waals surface area (Å²) in [6.45, 7) is 4.31. The highest BCUT2D eigenvalue weighted by Crippen LogP contribution is 2.12. The van der Waals surface area contributed by atoms with Crippen LogP contribution in [0, 0.1) is 0 Å². The lowest BCUT2D eigenvalue weighted by Gasteiger charge is -2.17. The smallest absolute Gasteiger partial charge is 0.221 e. The highest BCUT2D eigenvalue weighted by molar-refractivity contribution is 5.76. The van der Waals surface area contributed by atoms with Gasteiger partial charge in [0, 0.05) is 26.1 Å². The molecule has 1 fully saturated rings. The highest BCUT2D eigenvalue weighted by Gasteiger charge is 2.20. The predicted octanol–water partition coefficient (Wildman–Crippen LogP) is 1.32. The minimum Gasteiger partial charge on any atom is -0.392 e. The third-order valence-corrected chi connectivity index (χ3v) is 3.58. The number of carbonyl (C=O) groups is 1. The second-order valence-electron chi connectivity index (χ2n) is 5.19. The fourth-order valence-electron chi connectivity index (χ4n) is 2.41. The van der Waals surface area contributed by atoms with Crippen LogP contribution in [-0.2, 0) is 4.79 Å². The standard InChI is InChI=1S/C15H22N2O2/c1-12(13-5-3-2-4-6-13)16-15(19)8-10-17-9-7-14(18)11-17/h2-6,12,14,18H,7-11H2,1H3,(H,16,19). The topological polar surface area (TPSA) is 52.6 Å². The Labute approximate surface area is 114 Å². The maximum Gasteiger partial charge on any atom is 0.221 e. The van der Waals surface area contributed by atoms with Gasteiger partial charge < -0.3 is 15.3 Å². The molecule has 0 aliphatic carbocycles. The first kappa shape index (κ1) is 14.0.